The number of ether oxygens (including phenoxy) is 2. The summed E-state index contributed by atoms with van der Waals surface area (Å²) in [6, 6.07) is 6.60. The van der Waals surface area contributed by atoms with Gasteiger partial charge in [0.2, 0.25) is 0 Å². The van der Waals surface area contributed by atoms with E-state index in [2.05, 4.69) is 4.72 Å². The Labute approximate surface area is 123 Å². The van der Waals surface area contributed by atoms with Gasteiger partial charge in [-0.25, -0.2) is 0 Å². The molecule has 0 aliphatic carbocycles. The molecular formula is C12H18N4O4S. The molecule has 8 nitrogen and oxygen atoms in total. The van der Waals surface area contributed by atoms with E-state index < -0.39 is 10.2 Å². The number of nitrogens with one attached hydrogen (secondary N) is 2. The van der Waals surface area contributed by atoms with Crippen LogP contribution in [0.3, 0.4) is 0 Å². The lowest BCUT2D eigenvalue weighted by Gasteiger charge is -2.26. The van der Waals surface area contributed by atoms with Gasteiger partial charge in [0, 0.05) is 13.1 Å². The van der Waals surface area contributed by atoms with Gasteiger partial charge in [-0.2, -0.15) is 12.7 Å². The van der Waals surface area contributed by atoms with Crippen LogP contribution in [0.2, 0.25) is 0 Å². The first-order chi connectivity index (χ1) is 9.99. The molecule has 0 amide bonds. The van der Waals surface area contributed by atoms with Gasteiger partial charge >= 0.3 is 10.2 Å². The number of rotatable bonds is 6. The van der Waals surface area contributed by atoms with Gasteiger partial charge in [0.25, 0.3) is 0 Å². The lowest BCUT2D eigenvalue weighted by atomic mass is 10.3. The molecule has 1 saturated heterocycles. The average Bonchev–Trinajstić information content (AvgIpc) is 2.47. The molecule has 0 bridgehead atoms. The van der Waals surface area contributed by atoms with Crippen LogP contribution in [-0.4, -0.2) is 51.5 Å². The minimum atomic E-state index is -3.66. The van der Waals surface area contributed by atoms with E-state index in [-0.39, 0.29) is 12.4 Å². The van der Waals surface area contributed by atoms with Crippen molar-refractivity contribution in [2.45, 2.75) is 0 Å². The third kappa shape index (κ3) is 4.31. The Bertz CT molecular complexity index is 599. The highest BCUT2D eigenvalue weighted by molar-refractivity contribution is 7.90. The van der Waals surface area contributed by atoms with Crippen molar-refractivity contribution in [3.8, 4) is 5.75 Å². The molecule has 4 N–H and O–H groups in total. The zero-order valence-corrected chi connectivity index (χ0v) is 12.2. The minimum absolute atomic E-state index is 0.101. The molecule has 0 spiro atoms. The molecule has 9 heteroatoms. The van der Waals surface area contributed by atoms with E-state index in [9.17, 15) is 8.42 Å². The van der Waals surface area contributed by atoms with E-state index in [0.717, 1.165) is 0 Å². The van der Waals surface area contributed by atoms with E-state index in [1.54, 1.807) is 24.3 Å². The lowest BCUT2D eigenvalue weighted by Crippen LogP contribution is -2.43. The first-order valence-corrected chi connectivity index (χ1v) is 7.83. The van der Waals surface area contributed by atoms with Crippen LogP contribution < -0.4 is 15.2 Å². The Morgan fingerprint density at radius 2 is 2.05 bits per heavy atom. The summed E-state index contributed by atoms with van der Waals surface area (Å²) in [5.74, 6) is 0.186. The third-order valence-corrected chi connectivity index (χ3v) is 4.34. The second-order valence-electron chi connectivity index (χ2n) is 4.43. The van der Waals surface area contributed by atoms with Crippen LogP contribution in [0.15, 0.2) is 24.3 Å². The van der Waals surface area contributed by atoms with Crippen molar-refractivity contribution in [1.82, 2.24) is 4.31 Å². The van der Waals surface area contributed by atoms with Crippen molar-refractivity contribution >= 4 is 21.7 Å². The molecule has 2 rings (SSSR count). The molecule has 0 saturated carbocycles. The number of nitrogens with zero attached hydrogens (tertiary/aromatic N) is 1. The van der Waals surface area contributed by atoms with Gasteiger partial charge in [-0.1, -0.05) is 12.1 Å². The van der Waals surface area contributed by atoms with Gasteiger partial charge in [-0.05, 0) is 12.1 Å². The molecule has 1 heterocycles. The summed E-state index contributed by atoms with van der Waals surface area (Å²) in [6.07, 6.45) is 0. The number of amidine groups is 1. The number of hydrogen-bond acceptors (Lipinski definition) is 5. The van der Waals surface area contributed by atoms with Crippen molar-refractivity contribution in [2.75, 3.05) is 37.6 Å². The molecule has 1 aromatic rings. The molecule has 1 fully saturated rings. The van der Waals surface area contributed by atoms with Crippen molar-refractivity contribution in [2.24, 2.45) is 5.73 Å². The number of morpholine rings is 1. The van der Waals surface area contributed by atoms with E-state index in [0.29, 0.717) is 37.7 Å². The Hall–Kier alpha value is -1.84. The molecule has 116 valence electrons. The Morgan fingerprint density at radius 1 is 1.38 bits per heavy atom. The molecule has 1 aliphatic rings. The number of para-hydroxylation sites is 2. The van der Waals surface area contributed by atoms with Gasteiger partial charge < -0.3 is 15.2 Å². The first kappa shape index (κ1) is 15.5. The van der Waals surface area contributed by atoms with E-state index >= 15 is 0 Å². The Kier molecular flexibility index (Phi) is 4.99. The molecular weight excluding hydrogens is 296 g/mol. The molecule has 21 heavy (non-hydrogen) atoms. The van der Waals surface area contributed by atoms with Crippen LogP contribution in [0.1, 0.15) is 0 Å². The maximum absolute atomic E-state index is 12.3. The van der Waals surface area contributed by atoms with Crippen LogP contribution in [-0.2, 0) is 14.9 Å². The topological polar surface area (TPSA) is 118 Å². The normalized spacial score (nSPS) is 16.4. The Balaban J connectivity index is 2.12. The minimum Gasteiger partial charge on any atom is -0.484 e. The fourth-order valence-corrected chi connectivity index (χ4v) is 3.03. The average molecular weight is 314 g/mol. The molecule has 0 aromatic heterocycles. The maximum atomic E-state index is 12.3. The van der Waals surface area contributed by atoms with Crippen molar-refractivity contribution < 1.29 is 17.9 Å². The summed E-state index contributed by atoms with van der Waals surface area (Å²) >= 11 is 0. The van der Waals surface area contributed by atoms with Crippen LogP contribution in [0, 0.1) is 5.41 Å². The van der Waals surface area contributed by atoms with Crippen LogP contribution in [0.4, 0.5) is 5.69 Å². The zero-order chi connectivity index (χ0) is 15.3. The predicted molar refractivity (Wildman–Crippen MR) is 78.8 cm³/mol. The molecule has 0 unspecified atom stereocenters. The molecule has 0 radical (unpaired) electrons. The maximum Gasteiger partial charge on any atom is 0.301 e. The van der Waals surface area contributed by atoms with E-state index in [4.69, 9.17) is 20.6 Å². The van der Waals surface area contributed by atoms with Crippen LogP contribution in [0.25, 0.3) is 0 Å². The summed E-state index contributed by atoms with van der Waals surface area (Å²) in [6.45, 7) is 1.28. The molecule has 1 aromatic carbocycles. The zero-order valence-electron chi connectivity index (χ0n) is 11.4. The highest BCUT2D eigenvalue weighted by Gasteiger charge is 2.25. The molecule has 0 atom stereocenters. The van der Waals surface area contributed by atoms with Crippen molar-refractivity contribution in [3.63, 3.8) is 0 Å². The van der Waals surface area contributed by atoms with Gasteiger partial charge in [0.15, 0.2) is 0 Å². The number of anilines is 1. The number of hydrogen-bond donors (Lipinski definition) is 3. The largest absolute Gasteiger partial charge is 0.484 e. The van der Waals surface area contributed by atoms with Gasteiger partial charge in [0.05, 0.1) is 18.9 Å². The standard InChI is InChI=1S/C12H18N4O4S/c13-12(14)9-20-11-4-2-1-3-10(11)15-21(17,18)16-5-7-19-8-6-16/h1-4,15H,5-9H2,(H3,13,14). The van der Waals surface area contributed by atoms with Crippen molar-refractivity contribution in [1.29, 1.82) is 5.41 Å². The van der Waals surface area contributed by atoms with Gasteiger partial charge in [-0.3, -0.25) is 10.1 Å². The fraction of sp³-hybridized carbons (Fsp3) is 0.417. The van der Waals surface area contributed by atoms with Crippen LogP contribution in [0.5, 0.6) is 5.75 Å². The summed E-state index contributed by atoms with van der Waals surface area (Å²) < 4.78 is 38.8. The third-order valence-electron chi connectivity index (χ3n) is 2.82. The smallest absolute Gasteiger partial charge is 0.301 e. The number of nitrogens with two attached hydrogens (primary N) is 1. The Morgan fingerprint density at radius 3 is 2.71 bits per heavy atom. The monoisotopic (exact) mass is 314 g/mol. The van der Waals surface area contributed by atoms with E-state index in [1.165, 1.54) is 4.31 Å². The SMILES string of the molecule is N=C(N)COc1ccccc1NS(=O)(=O)N1CCOCC1. The first-order valence-electron chi connectivity index (χ1n) is 6.39. The number of benzene rings is 1. The second kappa shape index (κ2) is 6.74. The van der Waals surface area contributed by atoms with Crippen molar-refractivity contribution in [3.05, 3.63) is 24.3 Å². The quantitative estimate of drug-likeness (QED) is 0.504. The van der Waals surface area contributed by atoms with Gasteiger partial charge in [-0.15, -0.1) is 0 Å². The van der Waals surface area contributed by atoms with Gasteiger partial charge in [0.1, 0.15) is 18.2 Å². The predicted octanol–water partition coefficient (Wildman–Crippen LogP) is -0.00973. The van der Waals surface area contributed by atoms with Crippen LogP contribution >= 0.6 is 0 Å². The lowest BCUT2D eigenvalue weighted by molar-refractivity contribution is 0.0733. The highest BCUT2D eigenvalue weighted by atomic mass is 32.2. The summed E-state index contributed by atoms with van der Waals surface area (Å²) in [5.41, 5.74) is 5.54. The highest BCUT2D eigenvalue weighted by Crippen LogP contribution is 2.25. The van der Waals surface area contributed by atoms with E-state index in [1.807, 2.05) is 0 Å². The summed E-state index contributed by atoms with van der Waals surface area (Å²) in [7, 11) is -3.66. The summed E-state index contributed by atoms with van der Waals surface area (Å²) in [4.78, 5) is 0. The second-order valence-corrected chi connectivity index (χ2v) is 6.10. The summed E-state index contributed by atoms with van der Waals surface area (Å²) in [5, 5.41) is 7.15. The fourth-order valence-electron chi connectivity index (χ4n) is 1.82. The molecule has 1 aliphatic heterocycles.